The van der Waals surface area contributed by atoms with Crippen LogP contribution in [-0.2, 0) is 33.3 Å². The Kier molecular flexibility index (Phi) is 44.1. The standard InChI is InChI=1S/C53H101NO8/c1-6-8-10-12-14-16-18-19-20-21-22-23-24-25-26-27-28-29-30-31-32-34-35-37-39-41-43-50(55)60-47-49(48-61-53(52(57)58)59-46-45-54(3,4)5)62-51(56)44-42-40-38-36-33-17-15-13-11-9-7-2/h13,15,49,53H,6-12,14,16-48H2,1-5H3/b15-13-. The minimum absolute atomic E-state index is 0.149. The zero-order chi connectivity index (χ0) is 45.6. The molecule has 2 atom stereocenters. The van der Waals surface area contributed by atoms with Crippen molar-refractivity contribution in [2.45, 2.75) is 264 Å². The molecule has 0 aromatic heterocycles. The van der Waals surface area contributed by atoms with E-state index in [-0.39, 0.29) is 32.2 Å². The van der Waals surface area contributed by atoms with Gasteiger partial charge in [-0.3, -0.25) is 9.59 Å². The van der Waals surface area contributed by atoms with E-state index < -0.39 is 24.3 Å². The molecule has 0 aromatic rings. The monoisotopic (exact) mass is 880 g/mol. The number of unbranched alkanes of at least 4 members (excludes halogenated alkanes) is 32. The predicted molar refractivity (Wildman–Crippen MR) is 256 cm³/mol. The number of hydrogen-bond donors (Lipinski definition) is 0. The number of allylic oxidation sites excluding steroid dienone is 2. The van der Waals surface area contributed by atoms with Crippen LogP contribution in [0.3, 0.4) is 0 Å². The van der Waals surface area contributed by atoms with E-state index in [2.05, 4.69) is 26.0 Å². The molecule has 366 valence electrons. The first-order chi connectivity index (χ1) is 30.1. The number of rotatable bonds is 49. The number of ether oxygens (including phenoxy) is 4. The Labute approximate surface area is 383 Å². The molecule has 2 unspecified atom stereocenters. The molecule has 0 fully saturated rings. The minimum atomic E-state index is -1.62. The van der Waals surface area contributed by atoms with Crippen molar-refractivity contribution in [2.24, 2.45) is 0 Å². The molecule has 0 heterocycles. The first-order valence-electron chi connectivity index (χ1n) is 26.3. The summed E-state index contributed by atoms with van der Waals surface area (Å²) in [5.74, 6) is -2.28. The summed E-state index contributed by atoms with van der Waals surface area (Å²) >= 11 is 0. The number of hydrogen-bond acceptors (Lipinski definition) is 8. The molecule has 0 aliphatic heterocycles. The summed E-state index contributed by atoms with van der Waals surface area (Å²) in [6.45, 7) is 4.73. The Hall–Kier alpha value is -1.97. The third-order valence-electron chi connectivity index (χ3n) is 11.8. The van der Waals surface area contributed by atoms with Gasteiger partial charge in [-0.1, -0.05) is 219 Å². The molecule has 0 aliphatic rings. The lowest BCUT2D eigenvalue weighted by Gasteiger charge is -2.26. The van der Waals surface area contributed by atoms with Crippen molar-refractivity contribution in [2.75, 3.05) is 47.5 Å². The lowest BCUT2D eigenvalue weighted by atomic mass is 10.0. The van der Waals surface area contributed by atoms with Crippen LogP contribution in [0.15, 0.2) is 12.2 Å². The number of quaternary nitrogens is 1. The van der Waals surface area contributed by atoms with Crippen LogP contribution in [0.5, 0.6) is 0 Å². The lowest BCUT2D eigenvalue weighted by Crippen LogP contribution is -2.44. The van der Waals surface area contributed by atoms with Crippen LogP contribution in [0.25, 0.3) is 0 Å². The normalized spacial score (nSPS) is 12.9. The van der Waals surface area contributed by atoms with Gasteiger partial charge >= 0.3 is 11.9 Å². The van der Waals surface area contributed by atoms with Crippen molar-refractivity contribution in [1.82, 2.24) is 0 Å². The van der Waals surface area contributed by atoms with Gasteiger partial charge in [0.2, 0.25) is 0 Å². The van der Waals surface area contributed by atoms with Crippen LogP contribution in [0, 0.1) is 0 Å². The van der Waals surface area contributed by atoms with E-state index in [4.69, 9.17) is 18.9 Å². The molecule has 9 heteroatoms. The van der Waals surface area contributed by atoms with Crippen LogP contribution >= 0.6 is 0 Å². The highest BCUT2D eigenvalue weighted by molar-refractivity contribution is 5.70. The van der Waals surface area contributed by atoms with Crippen LogP contribution in [0.4, 0.5) is 0 Å². The third kappa shape index (κ3) is 46.0. The van der Waals surface area contributed by atoms with E-state index in [0.717, 1.165) is 57.8 Å². The second-order valence-corrected chi connectivity index (χ2v) is 19.2. The van der Waals surface area contributed by atoms with Gasteiger partial charge in [0, 0.05) is 12.8 Å². The number of carboxylic acid groups (broad SMARTS) is 1. The fourth-order valence-electron chi connectivity index (χ4n) is 7.64. The maximum Gasteiger partial charge on any atom is 0.306 e. The summed E-state index contributed by atoms with van der Waals surface area (Å²) in [6, 6.07) is 0. The van der Waals surface area contributed by atoms with Gasteiger partial charge in [0.05, 0.1) is 40.3 Å². The topological polar surface area (TPSA) is 111 Å². The fraction of sp³-hybridized carbons (Fsp3) is 0.906. The number of carboxylic acids is 1. The SMILES string of the molecule is CCCC/C=C\CCCCCCCC(=O)OC(COC(=O)CCCCCCCCCCCCCCCCCCCCCCCCCCCC)COC(OCC[N+](C)(C)C)C(=O)[O-]. The second-order valence-electron chi connectivity index (χ2n) is 19.2. The Bertz CT molecular complexity index is 1030. The number of likely N-dealkylation sites (N-methyl/N-ethyl adjacent to an activating group) is 1. The first-order valence-corrected chi connectivity index (χ1v) is 26.3. The smallest absolute Gasteiger partial charge is 0.306 e. The summed E-state index contributed by atoms with van der Waals surface area (Å²) in [5, 5.41) is 11.7. The molecule has 0 aromatic carbocycles. The molecular formula is C53H101NO8. The number of nitrogens with zero attached hydrogens (tertiary/aromatic N) is 1. The first kappa shape index (κ1) is 60.0. The number of aliphatic carboxylic acids is 1. The van der Waals surface area contributed by atoms with Gasteiger partial charge in [-0.15, -0.1) is 0 Å². The van der Waals surface area contributed by atoms with Crippen molar-refractivity contribution < 1.29 is 42.9 Å². The molecular weight excluding hydrogens is 779 g/mol. The molecule has 0 saturated heterocycles. The molecule has 0 spiro atoms. The average Bonchev–Trinajstić information content (AvgIpc) is 3.23. The van der Waals surface area contributed by atoms with Gasteiger partial charge < -0.3 is 33.3 Å². The zero-order valence-corrected chi connectivity index (χ0v) is 41.5. The molecule has 0 radical (unpaired) electrons. The highest BCUT2D eigenvalue weighted by atomic mass is 16.7. The second kappa shape index (κ2) is 45.6. The molecule has 0 saturated carbocycles. The van der Waals surface area contributed by atoms with E-state index in [9.17, 15) is 19.5 Å². The Balaban J connectivity index is 4.11. The van der Waals surface area contributed by atoms with Crippen LogP contribution in [-0.4, -0.2) is 82.3 Å². The average molecular weight is 880 g/mol. The van der Waals surface area contributed by atoms with E-state index in [1.807, 2.05) is 21.1 Å². The van der Waals surface area contributed by atoms with Crippen LogP contribution in [0.1, 0.15) is 251 Å². The molecule has 0 N–H and O–H groups in total. The predicted octanol–water partition coefficient (Wildman–Crippen LogP) is 13.3. The van der Waals surface area contributed by atoms with Crippen molar-refractivity contribution in [3.8, 4) is 0 Å². The third-order valence-corrected chi connectivity index (χ3v) is 11.8. The fourth-order valence-corrected chi connectivity index (χ4v) is 7.64. The van der Waals surface area contributed by atoms with E-state index in [1.54, 1.807) is 0 Å². The van der Waals surface area contributed by atoms with Gasteiger partial charge in [-0.05, 0) is 32.1 Å². The van der Waals surface area contributed by atoms with Gasteiger partial charge in [0.15, 0.2) is 12.4 Å². The largest absolute Gasteiger partial charge is 0.545 e. The van der Waals surface area contributed by atoms with Crippen molar-refractivity contribution >= 4 is 17.9 Å². The maximum absolute atomic E-state index is 12.7. The minimum Gasteiger partial charge on any atom is -0.545 e. The van der Waals surface area contributed by atoms with E-state index in [0.29, 0.717) is 23.9 Å². The summed E-state index contributed by atoms with van der Waals surface area (Å²) in [7, 11) is 5.91. The van der Waals surface area contributed by atoms with E-state index in [1.165, 1.54) is 161 Å². The highest BCUT2D eigenvalue weighted by Crippen LogP contribution is 2.17. The highest BCUT2D eigenvalue weighted by Gasteiger charge is 2.22. The van der Waals surface area contributed by atoms with E-state index >= 15 is 0 Å². The molecule has 9 nitrogen and oxygen atoms in total. The van der Waals surface area contributed by atoms with Gasteiger partial charge in [-0.2, -0.15) is 0 Å². The summed E-state index contributed by atoms with van der Waals surface area (Å²) < 4.78 is 22.6. The lowest BCUT2D eigenvalue weighted by molar-refractivity contribution is -0.870. The van der Waals surface area contributed by atoms with Crippen LogP contribution < -0.4 is 5.11 Å². The number of carbonyl (C=O) groups excluding carboxylic acids is 3. The summed E-state index contributed by atoms with van der Waals surface area (Å²) in [5.41, 5.74) is 0. The Morgan fingerprint density at radius 2 is 0.839 bits per heavy atom. The zero-order valence-electron chi connectivity index (χ0n) is 41.5. The molecule has 0 bridgehead atoms. The molecule has 0 aliphatic carbocycles. The summed E-state index contributed by atoms with van der Waals surface area (Å²) in [4.78, 5) is 37.0. The molecule has 0 amide bonds. The number of esters is 2. The number of carbonyl (C=O) groups is 3. The van der Waals surface area contributed by atoms with Gasteiger partial charge in [0.25, 0.3) is 0 Å². The Morgan fingerprint density at radius 3 is 1.24 bits per heavy atom. The molecule has 62 heavy (non-hydrogen) atoms. The van der Waals surface area contributed by atoms with Gasteiger partial charge in [0.1, 0.15) is 13.2 Å². The van der Waals surface area contributed by atoms with Crippen molar-refractivity contribution in [3.63, 3.8) is 0 Å². The van der Waals surface area contributed by atoms with Crippen molar-refractivity contribution in [1.29, 1.82) is 0 Å². The summed E-state index contributed by atoms with van der Waals surface area (Å²) in [6.07, 6.45) is 47.0. The van der Waals surface area contributed by atoms with Crippen LogP contribution in [0.2, 0.25) is 0 Å². The quantitative estimate of drug-likeness (QED) is 0.0195. The maximum atomic E-state index is 12.7. The van der Waals surface area contributed by atoms with Crippen molar-refractivity contribution in [3.05, 3.63) is 12.2 Å². The van der Waals surface area contributed by atoms with Gasteiger partial charge in [-0.25, -0.2) is 0 Å². The Morgan fingerprint density at radius 1 is 0.468 bits per heavy atom. The molecule has 0 rings (SSSR count).